The molecule has 29 heavy (non-hydrogen) atoms. The largest absolute Gasteiger partial charge is 0.493 e. The molecule has 0 fully saturated rings. The molecule has 3 aromatic carbocycles. The van der Waals surface area contributed by atoms with E-state index in [0.717, 1.165) is 16.8 Å². The maximum atomic E-state index is 11.1. The molecule has 0 aliphatic heterocycles. The van der Waals surface area contributed by atoms with Crippen LogP contribution < -0.4 is 9.47 Å². The highest BCUT2D eigenvalue weighted by Crippen LogP contribution is 2.28. The van der Waals surface area contributed by atoms with Crippen LogP contribution in [0.1, 0.15) is 27.0 Å². The minimum atomic E-state index is -0.977. The molecule has 0 aliphatic rings. The number of benzene rings is 3. The Morgan fingerprint density at radius 3 is 2.59 bits per heavy atom. The second-order valence-electron chi connectivity index (χ2n) is 6.12. The van der Waals surface area contributed by atoms with Gasteiger partial charge in [-0.05, 0) is 65.7 Å². The molecule has 6 heteroatoms. The molecule has 144 valence electrons. The zero-order chi connectivity index (χ0) is 20.6. The van der Waals surface area contributed by atoms with E-state index in [0.29, 0.717) is 17.1 Å². The number of carboxylic acids is 1. The summed E-state index contributed by atoms with van der Waals surface area (Å²) in [5, 5.41) is 17.9. The number of aliphatic imine (C=N–C) groups is 1. The van der Waals surface area contributed by atoms with Gasteiger partial charge in [0.25, 0.3) is 0 Å². The van der Waals surface area contributed by atoms with Crippen molar-refractivity contribution in [2.75, 3.05) is 7.11 Å². The van der Waals surface area contributed by atoms with Gasteiger partial charge in [0.15, 0.2) is 11.5 Å². The lowest BCUT2D eigenvalue weighted by atomic mass is 10.1. The third-order valence-electron chi connectivity index (χ3n) is 4.12. The molecule has 0 saturated carbocycles. The SMILES string of the molecule is COc1cc(C=Nc2ccc(C#N)cc2)ccc1OCc1cccc(C(=O)O)c1. The van der Waals surface area contributed by atoms with Gasteiger partial charge >= 0.3 is 5.97 Å². The molecule has 0 radical (unpaired) electrons. The average molecular weight is 386 g/mol. The lowest BCUT2D eigenvalue weighted by Crippen LogP contribution is -2.01. The number of rotatable bonds is 7. The van der Waals surface area contributed by atoms with Gasteiger partial charge < -0.3 is 14.6 Å². The van der Waals surface area contributed by atoms with Gasteiger partial charge in [-0.15, -0.1) is 0 Å². The van der Waals surface area contributed by atoms with E-state index in [9.17, 15) is 4.79 Å². The summed E-state index contributed by atoms with van der Waals surface area (Å²) < 4.78 is 11.2. The fourth-order valence-corrected chi connectivity index (χ4v) is 2.61. The number of hydrogen-bond donors (Lipinski definition) is 1. The summed E-state index contributed by atoms with van der Waals surface area (Å²) >= 11 is 0. The number of hydrogen-bond acceptors (Lipinski definition) is 5. The Morgan fingerprint density at radius 2 is 1.90 bits per heavy atom. The van der Waals surface area contributed by atoms with Crippen LogP contribution >= 0.6 is 0 Å². The Kier molecular flexibility index (Phi) is 6.23. The molecule has 3 aromatic rings. The zero-order valence-electron chi connectivity index (χ0n) is 15.7. The summed E-state index contributed by atoms with van der Waals surface area (Å²) in [7, 11) is 1.55. The van der Waals surface area contributed by atoms with Crippen molar-refractivity contribution in [1.82, 2.24) is 0 Å². The van der Waals surface area contributed by atoms with Crippen molar-refractivity contribution in [2.24, 2.45) is 4.99 Å². The first kappa shape index (κ1) is 19.6. The van der Waals surface area contributed by atoms with Crippen LogP contribution in [0.25, 0.3) is 0 Å². The Labute approximate surface area is 168 Å². The predicted molar refractivity (Wildman–Crippen MR) is 109 cm³/mol. The van der Waals surface area contributed by atoms with Crippen LogP contribution in [0.5, 0.6) is 11.5 Å². The van der Waals surface area contributed by atoms with E-state index in [1.165, 1.54) is 6.07 Å². The van der Waals surface area contributed by atoms with Crippen molar-refractivity contribution < 1.29 is 19.4 Å². The molecule has 0 amide bonds. The molecule has 3 rings (SSSR count). The topological polar surface area (TPSA) is 91.9 Å². The number of carbonyl (C=O) groups is 1. The molecular weight excluding hydrogens is 368 g/mol. The third kappa shape index (κ3) is 5.21. The summed E-state index contributed by atoms with van der Waals surface area (Å²) in [6.07, 6.45) is 1.70. The Balaban J connectivity index is 1.71. The van der Waals surface area contributed by atoms with E-state index < -0.39 is 5.97 Å². The second-order valence-corrected chi connectivity index (χ2v) is 6.12. The van der Waals surface area contributed by atoms with E-state index in [-0.39, 0.29) is 12.2 Å². The zero-order valence-corrected chi connectivity index (χ0v) is 15.7. The highest BCUT2D eigenvalue weighted by Gasteiger charge is 2.07. The van der Waals surface area contributed by atoms with E-state index in [4.69, 9.17) is 19.8 Å². The highest BCUT2D eigenvalue weighted by molar-refractivity contribution is 5.87. The Hall–Kier alpha value is -4.11. The molecule has 0 aliphatic carbocycles. The molecule has 0 saturated heterocycles. The minimum Gasteiger partial charge on any atom is -0.493 e. The molecule has 0 bridgehead atoms. The van der Waals surface area contributed by atoms with Crippen LogP contribution in [0, 0.1) is 11.3 Å². The van der Waals surface area contributed by atoms with Crippen molar-refractivity contribution >= 4 is 17.9 Å². The van der Waals surface area contributed by atoms with Crippen LogP contribution in [-0.2, 0) is 6.61 Å². The van der Waals surface area contributed by atoms with Gasteiger partial charge in [-0.25, -0.2) is 4.79 Å². The minimum absolute atomic E-state index is 0.215. The maximum Gasteiger partial charge on any atom is 0.335 e. The normalized spacial score (nSPS) is 10.5. The molecule has 0 atom stereocenters. The molecular formula is C23H18N2O4. The number of methoxy groups -OCH3 is 1. The van der Waals surface area contributed by atoms with Crippen LogP contribution in [0.4, 0.5) is 5.69 Å². The number of nitrogens with zero attached hydrogens (tertiary/aromatic N) is 2. The summed E-state index contributed by atoms with van der Waals surface area (Å²) in [6, 6.07) is 21.1. The summed E-state index contributed by atoms with van der Waals surface area (Å²) in [6.45, 7) is 0.218. The average Bonchev–Trinajstić information content (AvgIpc) is 2.77. The van der Waals surface area contributed by atoms with Crippen LogP contribution in [0.15, 0.2) is 71.7 Å². The van der Waals surface area contributed by atoms with Gasteiger partial charge in [0, 0.05) is 6.21 Å². The fourth-order valence-electron chi connectivity index (χ4n) is 2.61. The molecule has 1 N–H and O–H groups in total. The van der Waals surface area contributed by atoms with E-state index in [1.807, 2.05) is 6.07 Å². The number of nitriles is 1. The summed E-state index contributed by atoms with van der Waals surface area (Å²) in [5.74, 6) is 0.113. The number of carboxylic acid groups (broad SMARTS) is 1. The summed E-state index contributed by atoms with van der Waals surface area (Å²) in [5.41, 5.74) is 3.11. The van der Waals surface area contributed by atoms with Gasteiger partial charge in [0.2, 0.25) is 0 Å². The fraction of sp³-hybridized carbons (Fsp3) is 0.0870. The molecule has 0 heterocycles. The van der Waals surface area contributed by atoms with E-state index in [1.54, 1.807) is 67.9 Å². The second kappa shape index (κ2) is 9.20. The Bertz CT molecular complexity index is 1080. The van der Waals surface area contributed by atoms with Crippen molar-refractivity contribution in [1.29, 1.82) is 5.26 Å². The number of ether oxygens (including phenoxy) is 2. The quantitative estimate of drug-likeness (QED) is 0.599. The van der Waals surface area contributed by atoms with Crippen molar-refractivity contribution in [2.45, 2.75) is 6.61 Å². The van der Waals surface area contributed by atoms with Gasteiger partial charge in [-0.3, -0.25) is 4.99 Å². The predicted octanol–water partition coefficient (Wildman–Crippen LogP) is 4.59. The lowest BCUT2D eigenvalue weighted by Gasteiger charge is -2.11. The van der Waals surface area contributed by atoms with Crippen LogP contribution in [-0.4, -0.2) is 24.4 Å². The van der Waals surface area contributed by atoms with Crippen molar-refractivity contribution in [3.63, 3.8) is 0 Å². The first-order valence-corrected chi connectivity index (χ1v) is 8.76. The maximum absolute atomic E-state index is 11.1. The summed E-state index contributed by atoms with van der Waals surface area (Å²) in [4.78, 5) is 15.5. The van der Waals surface area contributed by atoms with Crippen molar-refractivity contribution in [3.05, 3.63) is 89.0 Å². The first-order chi connectivity index (χ1) is 14.1. The van der Waals surface area contributed by atoms with Gasteiger partial charge in [0.05, 0.1) is 30.0 Å². The van der Waals surface area contributed by atoms with E-state index >= 15 is 0 Å². The number of aromatic carboxylic acids is 1. The van der Waals surface area contributed by atoms with Crippen LogP contribution in [0.3, 0.4) is 0 Å². The van der Waals surface area contributed by atoms with Gasteiger partial charge in [0.1, 0.15) is 6.61 Å². The molecule has 0 aromatic heterocycles. The molecule has 6 nitrogen and oxygen atoms in total. The third-order valence-corrected chi connectivity index (χ3v) is 4.12. The standard InChI is InChI=1S/C23H18N2O4/c1-28-22-12-17(14-25-20-8-5-16(13-24)6-9-20)7-10-21(22)29-15-18-3-2-4-19(11-18)23(26)27/h2-12,14H,15H2,1H3,(H,26,27). The monoisotopic (exact) mass is 386 g/mol. The smallest absolute Gasteiger partial charge is 0.335 e. The first-order valence-electron chi connectivity index (χ1n) is 8.76. The Morgan fingerprint density at radius 1 is 1.10 bits per heavy atom. The molecule has 0 unspecified atom stereocenters. The van der Waals surface area contributed by atoms with Gasteiger partial charge in [-0.2, -0.15) is 5.26 Å². The highest BCUT2D eigenvalue weighted by atomic mass is 16.5. The van der Waals surface area contributed by atoms with E-state index in [2.05, 4.69) is 11.1 Å². The molecule has 0 spiro atoms. The van der Waals surface area contributed by atoms with Crippen LogP contribution in [0.2, 0.25) is 0 Å². The van der Waals surface area contributed by atoms with Gasteiger partial charge in [-0.1, -0.05) is 12.1 Å². The van der Waals surface area contributed by atoms with Crippen molar-refractivity contribution in [3.8, 4) is 17.6 Å². The lowest BCUT2D eigenvalue weighted by molar-refractivity contribution is 0.0696.